The molecule has 0 saturated heterocycles. The second-order valence-electron chi connectivity index (χ2n) is 4.34. The topological polar surface area (TPSA) is 12.9 Å². The molecule has 0 unspecified atom stereocenters. The van der Waals surface area contributed by atoms with Gasteiger partial charge in [0, 0.05) is 10.8 Å². The quantitative estimate of drug-likeness (QED) is 0.771. The van der Waals surface area contributed by atoms with Crippen molar-refractivity contribution >= 4 is 17.4 Å². The summed E-state index contributed by atoms with van der Waals surface area (Å²) in [4.78, 5) is 4.37. The van der Waals surface area contributed by atoms with Crippen LogP contribution in [0, 0.1) is 0 Å². The molecule has 0 saturated carbocycles. The number of hydrogen-bond acceptors (Lipinski definition) is 2. The van der Waals surface area contributed by atoms with Gasteiger partial charge in [0.15, 0.2) is 0 Å². The van der Waals surface area contributed by atoms with Crippen molar-refractivity contribution < 1.29 is 0 Å². The molecular weight excluding hydrogens is 214 g/mol. The molecular formula is C14H15NS. The zero-order valence-electron chi connectivity index (χ0n) is 9.55. The Labute approximate surface area is 100 Å². The van der Waals surface area contributed by atoms with Gasteiger partial charge in [0.25, 0.3) is 0 Å². The molecule has 1 aromatic carbocycles. The summed E-state index contributed by atoms with van der Waals surface area (Å²) in [5.41, 5.74) is 4.24. The number of thiazole rings is 1. The van der Waals surface area contributed by atoms with Gasteiger partial charge < -0.3 is 0 Å². The van der Waals surface area contributed by atoms with Crippen molar-refractivity contribution in [3.05, 3.63) is 58.6 Å². The average Bonchev–Trinajstić information content (AvgIpc) is 2.82. The Bertz CT molecular complexity index is 455. The Hall–Kier alpha value is -1.41. The van der Waals surface area contributed by atoms with Crippen LogP contribution in [0.1, 0.15) is 25.1 Å². The lowest BCUT2D eigenvalue weighted by atomic mass is 9.89. The molecule has 0 aliphatic heterocycles. The first-order chi connectivity index (χ1) is 7.68. The maximum Gasteiger partial charge on any atom is 0.0795 e. The second-order valence-corrected chi connectivity index (χ2v) is 5.06. The van der Waals surface area contributed by atoms with E-state index in [0.29, 0.717) is 0 Å². The summed E-state index contributed by atoms with van der Waals surface area (Å²) in [6.07, 6.45) is 4.36. The van der Waals surface area contributed by atoms with Gasteiger partial charge in [-0.25, -0.2) is 4.98 Å². The molecule has 2 aromatic rings. The van der Waals surface area contributed by atoms with E-state index in [0.717, 1.165) is 5.69 Å². The molecule has 0 fully saturated rings. The van der Waals surface area contributed by atoms with E-state index in [-0.39, 0.29) is 5.41 Å². The lowest BCUT2D eigenvalue weighted by Crippen LogP contribution is -2.13. The minimum Gasteiger partial charge on any atom is -0.249 e. The van der Waals surface area contributed by atoms with Crippen LogP contribution in [0.15, 0.2) is 47.3 Å². The molecule has 0 radical (unpaired) electrons. The van der Waals surface area contributed by atoms with E-state index in [2.05, 4.69) is 60.6 Å². The maximum atomic E-state index is 4.37. The van der Waals surface area contributed by atoms with Crippen LogP contribution in [-0.4, -0.2) is 4.98 Å². The van der Waals surface area contributed by atoms with Gasteiger partial charge in [-0.2, -0.15) is 0 Å². The van der Waals surface area contributed by atoms with Crippen LogP contribution >= 0.6 is 11.3 Å². The molecule has 0 spiro atoms. The molecule has 2 heteroatoms. The van der Waals surface area contributed by atoms with Gasteiger partial charge in [0.2, 0.25) is 0 Å². The van der Waals surface area contributed by atoms with E-state index in [1.54, 1.807) is 11.3 Å². The van der Waals surface area contributed by atoms with Gasteiger partial charge in [0.1, 0.15) is 0 Å². The molecule has 0 amide bonds. The number of benzene rings is 1. The zero-order valence-corrected chi connectivity index (χ0v) is 10.4. The summed E-state index contributed by atoms with van der Waals surface area (Å²) in [5, 5.41) is 2.11. The third-order valence-corrected chi connectivity index (χ3v) is 3.17. The van der Waals surface area contributed by atoms with Gasteiger partial charge in [-0.15, -0.1) is 11.3 Å². The van der Waals surface area contributed by atoms with Crippen molar-refractivity contribution in [2.24, 2.45) is 0 Å². The predicted molar refractivity (Wildman–Crippen MR) is 70.6 cm³/mol. The minimum atomic E-state index is -0.00413. The monoisotopic (exact) mass is 229 g/mol. The summed E-state index contributed by atoms with van der Waals surface area (Å²) in [5.74, 6) is 0. The highest BCUT2D eigenvalue weighted by Gasteiger charge is 2.18. The van der Waals surface area contributed by atoms with Crippen molar-refractivity contribution in [3.8, 4) is 0 Å². The van der Waals surface area contributed by atoms with Crippen LogP contribution in [0.5, 0.6) is 0 Å². The summed E-state index contributed by atoms with van der Waals surface area (Å²) in [6.45, 7) is 4.36. The van der Waals surface area contributed by atoms with Crippen molar-refractivity contribution in [3.63, 3.8) is 0 Å². The number of allylic oxidation sites excluding steroid dienone is 1. The highest BCUT2D eigenvalue weighted by Crippen LogP contribution is 2.25. The first kappa shape index (κ1) is 11.1. The SMILES string of the molecule is CC(C)(C=Cc1ccccc1)c1cscn1. The van der Waals surface area contributed by atoms with Crippen LogP contribution in [0.3, 0.4) is 0 Å². The zero-order chi connectivity index (χ0) is 11.4. The lowest BCUT2D eigenvalue weighted by molar-refractivity contribution is 0.652. The summed E-state index contributed by atoms with van der Waals surface area (Å²) in [7, 11) is 0. The molecule has 1 nitrogen and oxygen atoms in total. The fourth-order valence-corrected chi connectivity index (χ4v) is 2.21. The molecule has 0 N–H and O–H groups in total. The van der Waals surface area contributed by atoms with Crippen LogP contribution in [0.2, 0.25) is 0 Å². The third kappa shape index (κ3) is 2.58. The standard InChI is InChI=1S/C14H15NS/c1-14(2,13-10-16-11-15-13)9-8-12-6-4-3-5-7-12/h3-11H,1-2H3. The Balaban J connectivity index is 2.18. The molecule has 1 aromatic heterocycles. The van der Waals surface area contributed by atoms with E-state index in [9.17, 15) is 0 Å². The first-order valence-electron chi connectivity index (χ1n) is 5.31. The molecule has 82 valence electrons. The molecule has 16 heavy (non-hydrogen) atoms. The van der Waals surface area contributed by atoms with Crippen LogP contribution in [0.25, 0.3) is 6.08 Å². The van der Waals surface area contributed by atoms with Crippen LogP contribution in [0.4, 0.5) is 0 Å². The van der Waals surface area contributed by atoms with Gasteiger partial charge in [-0.1, -0.05) is 56.3 Å². The highest BCUT2D eigenvalue weighted by atomic mass is 32.1. The Morgan fingerprint density at radius 2 is 1.94 bits per heavy atom. The molecule has 1 heterocycles. The fraction of sp³-hybridized carbons (Fsp3) is 0.214. The Morgan fingerprint density at radius 3 is 2.56 bits per heavy atom. The molecule has 0 bridgehead atoms. The smallest absolute Gasteiger partial charge is 0.0795 e. The minimum absolute atomic E-state index is 0.00413. The predicted octanol–water partition coefficient (Wildman–Crippen LogP) is 4.13. The van der Waals surface area contributed by atoms with Crippen molar-refractivity contribution in [1.29, 1.82) is 0 Å². The summed E-state index contributed by atoms with van der Waals surface area (Å²) >= 11 is 1.64. The van der Waals surface area contributed by atoms with E-state index in [1.807, 2.05) is 11.6 Å². The maximum absolute atomic E-state index is 4.37. The average molecular weight is 229 g/mol. The van der Waals surface area contributed by atoms with Gasteiger partial charge in [0.05, 0.1) is 11.2 Å². The van der Waals surface area contributed by atoms with E-state index in [4.69, 9.17) is 0 Å². The first-order valence-corrected chi connectivity index (χ1v) is 6.26. The van der Waals surface area contributed by atoms with E-state index >= 15 is 0 Å². The largest absolute Gasteiger partial charge is 0.249 e. The number of aromatic nitrogens is 1. The van der Waals surface area contributed by atoms with Crippen molar-refractivity contribution in [2.45, 2.75) is 19.3 Å². The van der Waals surface area contributed by atoms with Gasteiger partial charge in [-0.3, -0.25) is 0 Å². The molecule has 0 aliphatic rings. The van der Waals surface area contributed by atoms with Gasteiger partial charge >= 0.3 is 0 Å². The summed E-state index contributed by atoms with van der Waals surface area (Å²) in [6, 6.07) is 10.3. The summed E-state index contributed by atoms with van der Waals surface area (Å²) < 4.78 is 0. The molecule has 0 atom stereocenters. The van der Waals surface area contributed by atoms with Crippen molar-refractivity contribution in [2.75, 3.05) is 0 Å². The number of rotatable bonds is 3. The number of hydrogen-bond donors (Lipinski definition) is 0. The van der Waals surface area contributed by atoms with Crippen LogP contribution in [-0.2, 0) is 5.41 Å². The second kappa shape index (κ2) is 4.62. The molecule has 2 rings (SSSR count). The lowest BCUT2D eigenvalue weighted by Gasteiger charge is -2.17. The van der Waals surface area contributed by atoms with Gasteiger partial charge in [-0.05, 0) is 5.56 Å². The number of nitrogens with zero attached hydrogens (tertiary/aromatic N) is 1. The Morgan fingerprint density at radius 1 is 1.19 bits per heavy atom. The normalized spacial score (nSPS) is 12.1. The van der Waals surface area contributed by atoms with Crippen LogP contribution < -0.4 is 0 Å². The van der Waals surface area contributed by atoms with E-state index in [1.165, 1.54) is 5.56 Å². The van der Waals surface area contributed by atoms with E-state index < -0.39 is 0 Å². The molecule has 0 aliphatic carbocycles. The fourth-order valence-electron chi connectivity index (χ4n) is 1.48. The third-order valence-electron chi connectivity index (χ3n) is 2.58. The van der Waals surface area contributed by atoms with Crippen molar-refractivity contribution in [1.82, 2.24) is 4.98 Å². The highest BCUT2D eigenvalue weighted by molar-refractivity contribution is 7.07. The Kier molecular flexibility index (Phi) is 3.20.